The van der Waals surface area contributed by atoms with Crippen LogP contribution < -0.4 is 4.72 Å². The molecule has 20 heavy (non-hydrogen) atoms. The molecule has 0 fully saturated rings. The van der Waals surface area contributed by atoms with Gasteiger partial charge < -0.3 is 5.11 Å². The number of sulfonamides is 1. The number of nitrogens with zero attached hydrogens (tertiary/aromatic N) is 1. The van der Waals surface area contributed by atoms with Crippen molar-refractivity contribution in [2.75, 3.05) is 13.2 Å². The van der Waals surface area contributed by atoms with Crippen molar-refractivity contribution >= 4 is 10.0 Å². The van der Waals surface area contributed by atoms with Gasteiger partial charge in [0, 0.05) is 13.2 Å². The van der Waals surface area contributed by atoms with Gasteiger partial charge in [0.1, 0.15) is 22.3 Å². The summed E-state index contributed by atoms with van der Waals surface area (Å²) in [6.07, 6.45) is 0.420. The number of nitriles is 1. The van der Waals surface area contributed by atoms with Crippen LogP contribution in [0.1, 0.15) is 25.8 Å². The largest absolute Gasteiger partial charge is 0.396 e. The summed E-state index contributed by atoms with van der Waals surface area (Å²) in [7, 11) is -3.97. The maximum atomic E-state index is 13.4. The van der Waals surface area contributed by atoms with Gasteiger partial charge in [0.15, 0.2) is 0 Å². The molecule has 0 spiro atoms. The third kappa shape index (κ3) is 4.00. The summed E-state index contributed by atoms with van der Waals surface area (Å²) in [6.45, 7) is 3.61. The first-order valence-corrected chi connectivity index (χ1v) is 7.51. The zero-order valence-electron chi connectivity index (χ0n) is 11.4. The van der Waals surface area contributed by atoms with Crippen LogP contribution in [0.5, 0.6) is 0 Å². The monoisotopic (exact) mass is 300 g/mol. The lowest BCUT2D eigenvalue weighted by Crippen LogP contribution is -2.35. The van der Waals surface area contributed by atoms with Gasteiger partial charge in [-0.15, -0.1) is 0 Å². The summed E-state index contributed by atoms with van der Waals surface area (Å²) in [5.74, 6) is -0.870. The molecule has 1 rings (SSSR count). The van der Waals surface area contributed by atoms with Crippen LogP contribution >= 0.6 is 0 Å². The van der Waals surface area contributed by atoms with Gasteiger partial charge in [0.05, 0.1) is 0 Å². The van der Waals surface area contributed by atoms with Gasteiger partial charge in [0.2, 0.25) is 10.0 Å². The summed E-state index contributed by atoms with van der Waals surface area (Å²) in [6, 6.07) is 5.02. The normalized spacial score (nSPS) is 12.2. The SMILES string of the molecule is CC(C)(CCO)CNS(=O)(=O)c1cccc(F)c1C#N. The Morgan fingerprint density at radius 1 is 1.45 bits per heavy atom. The highest BCUT2D eigenvalue weighted by atomic mass is 32.2. The molecule has 5 nitrogen and oxygen atoms in total. The molecule has 1 aromatic rings. The Kier molecular flexibility index (Phi) is 5.22. The number of benzene rings is 1. The Labute approximate surface area is 118 Å². The molecule has 0 aliphatic carbocycles. The first-order chi connectivity index (χ1) is 9.23. The second-order valence-electron chi connectivity index (χ2n) is 5.19. The van der Waals surface area contributed by atoms with Gasteiger partial charge in [-0.2, -0.15) is 5.26 Å². The molecule has 0 radical (unpaired) electrons. The minimum Gasteiger partial charge on any atom is -0.396 e. The van der Waals surface area contributed by atoms with Crippen LogP contribution in [0.4, 0.5) is 4.39 Å². The molecule has 7 heteroatoms. The molecule has 0 unspecified atom stereocenters. The second-order valence-corrected chi connectivity index (χ2v) is 6.92. The molecular formula is C13H17FN2O3S. The molecule has 0 aliphatic rings. The van der Waals surface area contributed by atoms with Crippen molar-refractivity contribution in [2.24, 2.45) is 5.41 Å². The summed E-state index contributed by atoms with van der Waals surface area (Å²) in [4.78, 5) is -0.375. The molecular weight excluding hydrogens is 283 g/mol. The molecule has 0 aromatic heterocycles. The minimum absolute atomic E-state index is 0.0574. The average molecular weight is 300 g/mol. The predicted molar refractivity (Wildman–Crippen MR) is 71.8 cm³/mol. The van der Waals surface area contributed by atoms with Gasteiger partial charge in [-0.1, -0.05) is 19.9 Å². The zero-order chi connectivity index (χ0) is 15.4. The fraction of sp³-hybridized carbons (Fsp3) is 0.462. The van der Waals surface area contributed by atoms with Gasteiger partial charge in [-0.05, 0) is 24.0 Å². The molecule has 110 valence electrons. The van der Waals surface area contributed by atoms with Crippen LogP contribution in [0, 0.1) is 22.6 Å². The molecule has 1 aromatic carbocycles. The van der Waals surface area contributed by atoms with Gasteiger partial charge in [0.25, 0.3) is 0 Å². The van der Waals surface area contributed by atoms with E-state index in [0.29, 0.717) is 6.42 Å². The zero-order valence-corrected chi connectivity index (χ0v) is 12.2. The first kappa shape index (κ1) is 16.6. The average Bonchev–Trinajstić information content (AvgIpc) is 2.36. The van der Waals surface area contributed by atoms with Crippen molar-refractivity contribution in [2.45, 2.75) is 25.2 Å². The van der Waals surface area contributed by atoms with Gasteiger partial charge >= 0.3 is 0 Å². The Hall–Kier alpha value is -1.49. The highest BCUT2D eigenvalue weighted by Gasteiger charge is 2.25. The highest BCUT2D eigenvalue weighted by Crippen LogP contribution is 2.21. The van der Waals surface area contributed by atoms with E-state index in [1.807, 2.05) is 0 Å². The number of rotatable bonds is 6. The van der Waals surface area contributed by atoms with Crippen molar-refractivity contribution in [3.63, 3.8) is 0 Å². The third-order valence-corrected chi connectivity index (χ3v) is 4.35. The molecule has 0 aliphatic heterocycles. The van der Waals surface area contributed by atoms with Crippen LogP contribution in [0.25, 0.3) is 0 Å². The summed E-state index contributed by atoms with van der Waals surface area (Å²) in [5, 5.41) is 17.8. The third-order valence-electron chi connectivity index (χ3n) is 2.91. The molecule has 0 bridgehead atoms. The second kappa shape index (κ2) is 6.31. The fourth-order valence-corrected chi connectivity index (χ4v) is 3.00. The predicted octanol–water partition coefficient (Wildman–Crippen LogP) is 1.38. The number of hydrogen-bond donors (Lipinski definition) is 2. The van der Waals surface area contributed by atoms with Crippen LogP contribution in [0.3, 0.4) is 0 Å². The molecule has 0 atom stereocenters. The van der Waals surface area contributed by atoms with Crippen LogP contribution in [-0.2, 0) is 10.0 Å². The highest BCUT2D eigenvalue weighted by molar-refractivity contribution is 7.89. The topological polar surface area (TPSA) is 90.2 Å². The number of aliphatic hydroxyl groups excluding tert-OH is 1. The van der Waals surface area contributed by atoms with E-state index >= 15 is 0 Å². The standard InChI is InChI=1S/C13H17FN2O3S/c1-13(2,6-7-17)9-16-20(18,19)12-5-3-4-11(14)10(12)8-15/h3-5,16-17H,6-7,9H2,1-2H3. The van der Waals surface area contributed by atoms with E-state index in [2.05, 4.69) is 4.72 Å². The van der Waals surface area contributed by atoms with Crippen LogP contribution in [0.15, 0.2) is 23.1 Å². The van der Waals surface area contributed by atoms with Crippen LogP contribution in [0.2, 0.25) is 0 Å². The Balaban J connectivity index is 3.02. The van der Waals surface area contributed by atoms with E-state index in [1.165, 1.54) is 12.1 Å². The maximum Gasteiger partial charge on any atom is 0.242 e. The number of aliphatic hydroxyl groups is 1. The molecule has 0 heterocycles. The van der Waals surface area contributed by atoms with E-state index in [9.17, 15) is 12.8 Å². The van der Waals surface area contributed by atoms with Gasteiger partial charge in [-0.25, -0.2) is 17.5 Å². The number of halogens is 1. The van der Waals surface area contributed by atoms with E-state index in [4.69, 9.17) is 10.4 Å². The van der Waals surface area contributed by atoms with Crippen molar-refractivity contribution in [1.82, 2.24) is 4.72 Å². The summed E-state index contributed by atoms with van der Waals surface area (Å²) < 4.78 is 40.0. The number of nitrogens with one attached hydrogen (secondary N) is 1. The van der Waals surface area contributed by atoms with E-state index in [1.54, 1.807) is 19.9 Å². The van der Waals surface area contributed by atoms with E-state index in [0.717, 1.165) is 6.07 Å². The van der Waals surface area contributed by atoms with E-state index < -0.39 is 26.8 Å². The summed E-state index contributed by atoms with van der Waals surface area (Å²) in [5.41, 5.74) is -0.943. The fourth-order valence-electron chi connectivity index (χ4n) is 1.60. The van der Waals surface area contributed by atoms with Crippen molar-refractivity contribution in [1.29, 1.82) is 5.26 Å². The smallest absolute Gasteiger partial charge is 0.242 e. The van der Waals surface area contributed by atoms with Crippen LogP contribution in [-0.4, -0.2) is 26.7 Å². The lowest BCUT2D eigenvalue weighted by molar-refractivity contribution is 0.213. The number of hydrogen-bond acceptors (Lipinski definition) is 4. The molecule has 2 N–H and O–H groups in total. The lowest BCUT2D eigenvalue weighted by Gasteiger charge is -2.23. The Morgan fingerprint density at radius 3 is 2.65 bits per heavy atom. The van der Waals surface area contributed by atoms with E-state index in [-0.39, 0.29) is 18.0 Å². The van der Waals surface area contributed by atoms with Crippen molar-refractivity contribution in [3.05, 3.63) is 29.6 Å². The van der Waals surface area contributed by atoms with Gasteiger partial charge in [-0.3, -0.25) is 0 Å². The quantitative estimate of drug-likeness (QED) is 0.830. The maximum absolute atomic E-state index is 13.4. The first-order valence-electron chi connectivity index (χ1n) is 6.03. The minimum atomic E-state index is -3.97. The molecule has 0 saturated heterocycles. The summed E-state index contributed by atoms with van der Waals surface area (Å²) >= 11 is 0. The molecule has 0 saturated carbocycles. The van der Waals surface area contributed by atoms with Crippen molar-refractivity contribution in [3.8, 4) is 6.07 Å². The van der Waals surface area contributed by atoms with Crippen molar-refractivity contribution < 1.29 is 17.9 Å². The lowest BCUT2D eigenvalue weighted by atomic mass is 9.90. The Morgan fingerprint density at radius 2 is 2.10 bits per heavy atom. The molecule has 0 amide bonds. The Bertz CT molecular complexity index is 621.